The molecule has 2 rings (SSSR count). The zero-order valence-corrected chi connectivity index (χ0v) is 12.0. The van der Waals surface area contributed by atoms with Crippen LogP contribution in [0.1, 0.15) is 26.3 Å². The van der Waals surface area contributed by atoms with E-state index in [2.05, 4.69) is 10.6 Å². The monoisotopic (exact) mass is 294 g/mol. The van der Waals surface area contributed by atoms with E-state index < -0.39 is 28.0 Å². The van der Waals surface area contributed by atoms with Crippen LogP contribution in [0, 0.1) is 11.6 Å². The molecule has 0 saturated carbocycles. The lowest BCUT2D eigenvalue weighted by molar-refractivity contribution is 0.560. The molecule has 0 heterocycles. The number of nitrogens with one attached hydrogen (secondary N) is 2. The highest BCUT2D eigenvalue weighted by molar-refractivity contribution is 5.74. The first-order valence-electron chi connectivity index (χ1n) is 6.49. The molecule has 0 aliphatic carbocycles. The number of rotatable bonds is 4. The summed E-state index contributed by atoms with van der Waals surface area (Å²) in [6.07, 6.45) is 0. The third kappa shape index (κ3) is 3.09. The molecule has 2 aromatic rings. The molecule has 21 heavy (non-hydrogen) atoms. The third-order valence-electron chi connectivity index (χ3n) is 2.91. The molecule has 0 aliphatic rings. The SMILES string of the molecule is CC(C)(C)Nc1c(NCc2c(F)cccc2F)c(=O)c1=O. The second-order valence-corrected chi connectivity index (χ2v) is 5.84. The first-order chi connectivity index (χ1) is 9.70. The molecule has 4 nitrogen and oxygen atoms in total. The minimum atomic E-state index is -0.702. The smallest absolute Gasteiger partial charge is 0.253 e. The Morgan fingerprint density at radius 1 is 1.00 bits per heavy atom. The van der Waals surface area contributed by atoms with E-state index in [4.69, 9.17) is 0 Å². The molecular weight excluding hydrogens is 278 g/mol. The minimum absolute atomic E-state index is 0.0672. The molecule has 2 N–H and O–H groups in total. The highest BCUT2D eigenvalue weighted by atomic mass is 19.1. The predicted octanol–water partition coefficient (Wildman–Crippen LogP) is 2.38. The number of benzene rings is 1. The number of halogens is 2. The topological polar surface area (TPSA) is 58.2 Å². The van der Waals surface area contributed by atoms with Crippen LogP contribution >= 0.6 is 0 Å². The molecule has 0 amide bonds. The Morgan fingerprint density at radius 2 is 1.52 bits per heavy atom. The molecule has 0 unspecified atom stereocenters. The highest BCUT2D eigenvalue weighted by Crippen LogP contribution is 2.21. The molecule has 0 bridgehead atoms. The van der Waals surface area contributed by atoms with Crippen molar-refractivity contribution < 1.29 is 8.78 Å². The summed E-state index contributed by atoms with van der Waals surface area (Å²) in [5, 5.41) is 5.55. The van der Waals surface area contributed by atoms with Gasteiger partial charge in [0.15, 0.2) is 0 Å². The van der Waals surface area contributed by atoms with Crippen molar-refractivity contribution >= 4 is 11.4 Å². The molecule has 0 saturated heterocycles. The Labute approximate surface area is 120 Å². The first kappa shape index (κ1) is 15.2. The maximum absolute atomic E-state index is 13.5. The Hall–Kier alpha value is -2.24. The third-order valence-corrected chi connectivity index (χ3v) is 2.91. The van der Waals surface area contributed by atoms with Gasteiger partial charge in [0.2, 0.25) is 0 Å². The fourth-order valence-electron chi connectivity index (χ4n) is 1.93. The van der Waals surface area contributed by atoms with Crippen molar-refractivity contribution in [3.05, 3.63) is 55.8 Å². The van der Waals surface area contributed by atoms with Gasteiger partial charge in [-0.1, -0.05) is 6.07 Å². The summed E-state index contributed by atoms with van der Waals surface area (Å²) in [6.45, 7) is 5.31. The predicted molar refractivity (Wildman–Crippen MR) is 78.4 cm³/mol. The summed E-state index contributed by atoms with van der Waals surface area (Å²) in [5.74, 6) is -1.40. The molecule has 0 fully saturated rings. The van der Waals surface area contributed by atoms with Gasteiger partial charge in [0.05, 0.1) is 0 Å². The average Bonchev–Trinajstić information content (AvgIpc) is 2.39. The molecule has 6 heteroatoms. The Morgan fingerprint density at radius 3 is 2.05 bits per heavy atom. The van der Waals surface area contributed by atoms with Gasteiger partial charge >= 0.3 is 0 Å². The maximum atomic E-state index is 13.5. The molecule has 0 aromatic heterocycles. The Kier molecular flexibility index (Phi) is 3.80. The molecule has 2 aromatic carbocycles. The second-order valence-electron chi connectivity index (χ2n) is 5.84. The Balaban J connectivity index is 2.20. The van der Waals surface area contributed by atoms with Crippen molar-refractivity contribution in [3.63, 3.8) is 0 Å². The lowest BCUT2D eigenvalue weighted by atomic mass is 10.1. The summed E-state index contributed by atoms with van der Waals surface area (Å²) >= 11 is 0. The largest absolute Gasteiger partial charge is 0.376 e. The first-order valence-corrected chi connectivity index (χ1v) is 6.49. The van der Waals surface area contributed by atoms with Gasteiger partial charge in [0.1, 0.15) is 23.0 Å². The number of anilines is 2. The van der Waals surface area contributed by atoms with Crippen LogP contribution in [0.25, 0.3) is 0 Å². The lowest BCUT2D eigenvalue weighted by Crippen LogP contribution is -2.41. The van der Waals surface area contributed by atoms with Gasteiger partial charge < -0.3 is 10.6 Å². The van der Waals surface area contributed by atoms with Crippen LogP contribution in [-0.2, 0) is 6.54 Å². The van der Waals surface area contributed by atoms with Crippen molar-refractivity contribution in [2.75, 3.05) is 10.6 Å². The van der Waals surface area contributed by atoms with Crippen LogP contribution in [0.4, 0.5) is 20.2 Å². The van der Waals surface area contributed by atoms with Crippen LogP contribution in [0.15, 0.2) is 27.8 Å². The van der Waals surface area contributed by atoms with Crippen LogP contribution in [0.5, 0.6) is 0 Å². The zero-order chi connectivity index (χ0) is 15.8. The van der Waals surface area contributed by atoms with E-state index in [9.17, 15) is 18.4 Å². The van der Waals surface area contributed by atoms with E-state index in [1.54, 1.807) is 0 Å². The van der Waals surface area contributed by atoms with Crippen molar-refractivity contribution in [1.82, 2.24) is 0 Å². The van der Waals surface area contributed by atoms with Gasteiger partial charge in [-0.3, -0.25) is 9.59 Å². The quantitative estimate of drug-likeness (QED) is 0.850. The van der Waals surface area contributed by atoms with Gasteiger partial charge in [-0.05, 0) is 32.9 Å². The van der Waals surface area contributed by atoms with E-state index >= 15 is 0 Å². The molecule has 0 radical (unpaired) electrons. The van der Waals surface area contributed by atoms with E-state index in [0.717, 1.165) is 12.1 Å². The molecule has 0 spiro atoms. The number of hydrogen-bond acceptors (Lipinski definition) is 4. The second kappa shape index (κ2) is 5.27. The van der Waals surface area contributed by atoms with Crippen LogP contribution in [0.2, 0.25) is 0 Å². The molecule has 0 aliphatic heterocycles. The fraction of sp³-hybridized carbons (Fsp3) is 0.333. The molecule has 112 valence electrons. The standard InChI is InChI=1S/C15H16F2N2O2/c1-15(2,3)19-12-11(13(20)14(12)21)18-7-8-9(16)5-4-6-10(8)17/h4-6,18-19H,7H2,1-3H3. The van der Waals surface area contributed by atoms with Gasteiger partial charge in [-0.15, -0.1) is 0 Å². The highest BCUT2D eigenvalue weighted by Gasteiger charge is 2.24. The molecule has 0 atom stereocenters. The summed E-state index contributed by atoms with van der Waals surface area (Å²) < 4.78 is 27.0. The van der Waals surface area contributed by atoms with Crippen molar-refractivity contribution in [3.8, 4) is 0 Å². The van der Waals surface area contributed by atoms with Gasteiger partial charge in [-0.25, -0.2) is 8.78 Å². The van der Waals surface area contributed by atoms with Gasteiger partial charge in [0.25, 0.3) is 10.9 Å². The van der Waals surface area contributed by atoms with Crippen LogP contribution in [-0.4, -0.2) is 5.54 Å². The normalized spacial score (nSPS) is 11.7. The van der Waals surface area contributed by atoms with Gasteiger partial charge in [0, 0.05) is 17.6 Å². The summed E-state index contributed by atoms with van der Waals surface area (Å²) in [6, 6.07) is 3.53. The fourth-order valence-corrected chi connectivity index (χ4v) is 1.93. The van der Waals surface area contributed by atoms with Crippen molar-refractivity contribution in [1.29, 1.82) is 0 Å². The van der Waals surface area contributed by atoms with Crippen LogP contribution < -0.4 is 21.5 Å². The minimum Gasteiger partial charge on any atom is -0.376 e. The number of hydrogen-bond donors (Lipinski definition) is 2. The van der Waals surface area contributed by atoms with Gasteiger partial charge in [-0.2, -0.15) is 0 Å². The van der Waals surface area contributed by atoms with Crippen molar-refractivity contribution in [2.24, 2.45) is 0 Å². The maximum Gasteiger partial charge on any atom is 0.253 e. The van der Waals surface area contributed by atoms with E-state index in [0.29, 0.717) is 0 Å². The summed E-state index contributed by atoms with van der Waals surface area (Å²) in [7, 11) is 0. The average molecular weight is 294 g/mol. The Bertz CT molecular complexity index is 721. The van der Waals surface area contributed by atoms with E-state index in [1.807, 2.05) is 20.8 Å². The summed E-state index contributed by atoms with van der Waals surface area (Å²) in [5.41, 5.74) is -1.66. The summed E-state index contributed by atoms with van der Waals surface area (Å²) in [4.78, 5) is 23.1. The van der Waals surface area contributed by atoms with E-state index in [1.165, 1.54) is 6.07 Å². The zero-order valence-electron chi connectivity index (χ0n) is 12.0. The molecular formula is C15H16F2N2O2. The van der Waals surface area contributed by atoms with Crippen molar-refractivity contribution in [2.45, 2.75) is 32.9 Å². The van der Waals surface area contributed by atoms with Crippen LogP contribution in [0.3, 0.4) is 0 Å². The van der Waals surface area contributed by atoms with E-state index in [-0.39, 0.29) is 23.5 Å². The lowest BCUT2D eigenvalue weighted by Gasteiger charge is -2.25.